The van der Waals surface area contributed by atoms with Crippen LogP contribution in [0, 0.1) is 0 Å². The van der Waals surface area contributed by atoms with E-state index in [0.29, 0.717) is 5.95 Å². The lowest BCUT2D eigenvalue weighted by molar-refractivity contribution is 1.01. The van der Waals surface area contributed by atoms with Gasteiger partial charge in [0.05, 0.1) is 33.3 Å². The lowest BCUT2D eigenvalue weighted by Gasteiger charge is -2.15. The maximum atomic E-state index is 5.53. The second-order valence-electron chi connectivity index (χ2n) is 14.6. The van der Waals surface area contributed by atoms with Crippen molar-refractivity contribution in [2.24, 2.45) is 0 Å². The quantitative estimate of drug-likeness (QED) is 0.182. The van der Waals surface area contributed by atoms with E-state index in [9.17, 15) is 0 Å². The van der Waals surface area contributed by atoms with Crippen LogP contribution in [-0.4, -0.2) is 19.1 Å². The Hall–Kier alpha value is -7.56. The Morgan fingerprint density at radius 2 is 0.911 bits per heavy atom. The predicted molar refractivity (Wildman–Crippen MR) is 234 cm³/mol. The van der Waals surface area contributed by atoms with E-state index in [1.54, 1.807) is 0 Å². The van der Waals surface area contributed by atoms with Crippen molar-refractivity contribution in [2.45, 2.75) is 0 Å². The van der Waals surface area contributed by atoms with Gasteiger partial charge in [-0.2, -0.15) is 0 Å². The highest BCUT2D eigenvalue weighted by atomic mass is 15.2. The third-order valence-corrected chi connectivity index (χ3v) is 11.5. The zero-order valence-electron chi connectivity index (χ0n) is 30.3. The summed E-state index contributed by atoms with van der Waals surface area (Å²) in [4.78, 5) is 11.0. The first kappa shape index (κ1) is 30.9. The van der Waals surface area contributed by atoms with Crippen LogP contribution in [0.15, 0.2) is 194 Å². The van der Waals surface area contributed by atoms with Gasteiger partial charge in [0, 0.05) is 43.7 Å². The molecule has 0 spiro atoms. The summed E-state index contributed by atoms with van der Waals surface area (Å²) >= 11 is 0. The van der Waals surface area contributed by atoms with Gasteiger partial charge < -0.3 is 4.57 Å². The van der Waals surface area contributed by atoms with Crippen molar-refractivity contribution in [1.29, 1.82) is 0 Å². The second kappa shape index (κ2) is 12.0. The Bertz CT molecular complexity index is 3540. The zero-order chi connectivity index (χ0) is 36.7. The molecule has 12 aromatic rings. The van der Waals surface area contributed by atoms with Crippen molar-refractivity contribution >= 4 is 76.1 Å². The van der Waals surface area contributed by atoms with Crippen molar-refractivity contribution in [3.8, 4) is 34.0 Å². The van der Waals surface area contributed by atoms with E-state index in [4.69, 9.17) is 9.97 Å². The van der Waals surface area contributed by atoms with Gasteiger partial charge in [-0.25, -0.2) is 9.97 Å². The van der Waals surface area contributed by atoms with Crippen LogP contribution in [0.25, 0.3) is 110 Å². The van der Waals surface area contributed by atoms with E-state index in [2.05, 4.69) is 203 Å². The van der Waals surface area contributed by atoms with Gasteiger partial charge in [0.2, 0.25) is 5.95 Å². The summed E-state index contributed by atoms with van der Waals surface area (Å²) in [7, 11) is 0. The lowest BCUT2D eigenvalue weighted by atomic mass is 9.98. The van der Waals surface area contributed by atoms with Crippen LogP contribution in [0.3, 0.4) is 0 Å². The maximum Gasteiger partial charge on any atom is 0.235 e. The van der Waals surface area contributed by atoms with Crippen LogP contribution in [-0.2, 0) is 0 Å². The van der Waals surface area contributed by atoms with E-state index in [-0.39, 0.29) is 0 Å². The number of hydrogen-bond acceptors (Lipinski definition) is 2. The largest absolute Gasteiger partial charge is 0.309 e. The SMILES string of the molecule is c1ccc(-c2cccc3c(-c4ccc5ccccc5c4)nc(-n4c5ccccc5c5c6c7ccccc7n(-c7ccc8ccccc8c7)c6ccc54)nc23)cc1. The number of para-hydroxylation sites is 3. The Morgan fingerprint density at radius 3 is 1.64 bits per heavy atom. The summed E-state index contributed by atoms with van der Waals surface area (Å²) in [6, 6.07) is 69.6. The van der Waals surface area contributed by atoms with Crippen LogP contribution in [0.1, 0.15) is 0 Å². The number of benzene rings is 9. The summed E-state index contributed by atoms with van der Waals surface area (Å²) in [5.41, 5.74) is 10.7. The zero-order valence-corrected chi connectivity index (χ0v) is 30.3. The number of rotatable bonds is 4. The van der Waals surface area contributed by atoms with Gasteiger partial charge in [0.15, 0.2) is 0 Å². The Labute approximate surface area is 322 Å². The molecule has 0 aliphatic heterocycles. The summed E-state index contributed by atoms with van der Waals surface area (Å²) in [6.07, 6.45) is 0. The fraction of sp³-hybridized carbons (Fsp3) is 0. The summed E-state index contributed by atoms with van der Waals surface area (Å²) in [5.74, 6) is 0.646. The number of hydrogen-bond donors (Lipinski definition) is 0. The molecule has 0 bridgehead atoms. The van der Waals surface area contributed by atoms with E-state index >= 15 is 0 Å². The molecule has 9 aromatic carbocycles. The third-order valence-electron chi connectivity index (χ3n) is 11.5. The lowest BCUT2D eigenvalue weighted by Crippen LogP contribution is -2.04. The van der Waals surface area contributed by atoms with E-state index in [0.717, 1.165) is 50.0 Å². The molecule has 0 aliphatic carbocycles. The normalized spacial score (nSPS) is 11.9. The molecule has 56 heavy (non-hydrogen) atoms. The van der Waals surface area contributed by atoms with Gasteiger partial charge in [-0.05, 0) is 69.6 Å². The van der Waals surface area contributed by atoms with Crippen LogP contribution in [0.5, 0.6) is 0 Å². The summed E-state index contributed by atoms with van der Waals surface area (Å²) in [6.45, 7) is 0. The third kappa shape index (κ3) is 4.53. The predicted octanol–water partition coefficient (Wildman–Crippen LogP) is 13.5. The van der Waals surface area contributed by atoms with Gasteiger partial charge in [-0.15, -0.1) is 0 Å². The molecule has 4 heteroatoms. The van der Waals surface area contributed by atoms with Crippen molar-refractivity contribution in [3.05, 3.63) is 194 Å². The Balaban J connectivity index is 1.19. The van der Waals surface area contributed by atoms with Crippen LogP contribution in [0.4, 0.5) is 0 Å². The first-order valence-corrected chi connectivity index (χ1v) is 19.1. The van der Waals surface area contributed by atoms with E-state index in [1.807, 2.05) is 0 Å². The minimum absolute atomic E-state index is 0.646. The molecule has 4 nitrogen and oxygen atoms in total. The van der Waals surface area contributed by atoms with Gasteiger partial charge in [0.25, 0.3) is 0 Å². The molecule has 0 saturated heterocycles. The molecule has 0 N–H and O–H groups in total. The van der Waals surface area contributed by atoms with Crippen molar-refractivity contribution < 1.29 is 0 Å². The minimum Gasteiger partial charge on any atom is -0.309 e. The Kier molecular flexibility index (Phi) is 6.60. The van der Waals surface area contributed by atoms with Crippen LogP contribution >= 0.6 is 0 Å². The van der Waals surface area contributed by atoms with E-state index in [1.165, 1.54) is 54.1 Å². The van der Waals surface area contributed by atoms with Gasteiger partial charge in [-0.1, -0.05) is 152 Å². The van der Waals surface area contributed by atoms with Crippen LogP contribution < -0.4 is 0 Å². The molecule has 0 saturated carbocycles. The van der Waals surface area contributed by atoms with Gasteiger partial charge >= 0.3 is 0 Å². The van der Waals surface area contributed by atoms with Gasteiger partial charge in [-0.3, -0.25) is 4.57 Å². The molecule has 0 aliphatic rings. The van der Waals surface area contributed by atoms with Crippen molar-refractivity contribution in [1.82, 2.24) is 19.1 Å². The molecule has 3 heterocycles. The Morgan fingerprint density at radius 1 is 0.339 bits per heavy atom. The highest BCUT2D eigenvalue weighted by Crippen LogP contribution is 2.43. The molecule has 260 valence electrons. The van der Waals surface area contributed by atoms with Crippen LogP contribution in [0.2, 0.25) is 0 Å². The highest BCUT2D eigenvalue weighted by molar-refractivity contribution is 6.29. The van der Waals surface area contributed by atoms with E-state index < -0.39 is 0 Å². The minimum atomic E-state index is 0.646. The fourth-order valence-corrected chi connectivity index (χ4v) is 8.98. The molecule has 0 radical (unpaired) electrons. The summed E-state index contributed by atoms with van der Waals surface area (Å²) in [5, 5.41) is 10.7. The monoisotopic (exact) mass is 712 g/mol. The number of nitrogens with zero attached hydrogens (tertiary/aromatic N) is 4. The van der Waals surface area contributed by atoms with Crippen molar-refractivity contribution in [2.75, 3.05) is 0 Å². The topological polar surface area (TPSA) is 35.6 Å². The highest BCUT2D eigenvalue weighted by Gasteiger charge is 2.23. The van der Waals surface area contributed by atoms with Crippen molar-refractivity contribution in [3.63, 3.8) is 0 Å². The average Bonchev–Trinajstić information content (AvgIpc) is 3.78. The molecule has 0 amide bonds. The molecule has 0 atom stereocenters. The average molecular weight is 713 g/mol. The number of aromatic nitrogens is 4. The molecule has 0 fully saturated rings. The first-order chi connectivity index (χ1) is 27.8. The molecule has 12 rings (SSSR count). The standard InChI is InChI=1S/C52H32N4/c1-2-15-35(16-3-1)40-21-12-22-43-50(38-26-25-33-13-4-6-17-36(33)31-38)53-52(54-51(40)43)56-45-24-11-9-20-42(45)49-47(56)30-29-46-48(49)41-19-8-10-23-44(41)55(46)39-28-27-34-14-5-7-18-37(34)32-39/h1-32H. The number of fused-ring (bicyclic) bond motifs is 10. The molecular weight excluding hydrogens is 681 g/mol. The maximum absolute atomic E-state index is 5.53. The second-order valence-corrected chi connectivity index (χ2v) is 14.6. The molecule has 3 aromatic heterocycles. The fourth-order valence-electron chi connectivity index (χ4n) is 8.98. The summed E-state index contributed by atoms with van der Waals surface area (Å²) < 4.78 is 4.69. The van der Waals surface area contributed by atoms with Gasteiger partial charge in [0.1, 0.15) is 0 Å². The molecular formula is C52H32N4. The smallest absolute Gasteiger partial charge is 0.235 e. The first-order valence-electron chi connectivity index (χ1n) is 19.1. The molecule has 0 unspecified atom stereocenters.